The van der Waals surface area contributed by atoms with E-state index in [1.165, 1.54) is 11.1 Å². The molecule has 6 rings (SSSR count). The van der Waals surface area contributed by atoms with E-state index in [1.54, 1.807) is 6.20 Å². The molecule has 0 saturated carbocycles. The van der Waals surface area contributed by atoms with Crippen LogP contribution in [0.2, 0.25) is 0 Å². The van der Waals surface area contributed by atoms with Crippen LogP contribution in [0.25, 0.3) is 22.2 Å². The summed E-state index contributed by atoms with van der Waals surface area (Å²) in [5, 5.41) is 5.84. The summed E-state index contributed by atoms with van der Waals surface area (Å²) in [4.78, 5) is 19.7. The predicted octanol–water partition coefficient (Wildman–Crippen LogP) is 4.33. The van der Waals surface area contributed by atoms with Gasteiger partial charge in [-0.1, -0.05) is 18.2 Å². The molecule has 160 valence electrons. The second-order valence-corrected chi connectivity index (χ2v) is 8.56. The molecule has 1 atom stereocenters. The molecule has 2 aromatic heterocycles. The van der Waals surface area contributed by atoms with E-state index in [0.29, 0.717) is 12.1 Å². The number of amides is 1. The lowest BCUT2D eigenvalue weighted by Crippen LogP contribution is -2.38. The van der Waals surface area contributed by atoms with Crippen LogP contribution in [0, 0.1) is 0 Å². The first-order valence-electron chi connectivity index (χ1n) is 11.1. The van der Waals surface area contributed by atoms with Gasteiger partial charge in [0.25, 0.3) is 5.91 Å². The lowest BCUT2D eigenvalue weighted by molar-refractivity contribution is 0.0674. The van der Waals surface area contributed by atoms with Crippen molar-refractivity contribution in [3.8, 4) is 17.0 Å². The summed E-state index contributed by atoms with van der Waals surface area (Å²) < 4.78 is 7.92. The standard InChI is InChI=1S/C26H24N4O2/c1-16-23-20(24(29(2)28-23)21-7-3-5-17-11-14-32-25(17)21)10-13-30(16)26(31)19-8-9-22-18(15-19)6-4-12-27-22/h3-9,12,15-16H,10-11,13-14H2,1-2H3/t16-/m0/s1. The number of nitrogens with zero attached hydrogens (tertiary/aromatic N) is 4. The number of carbonyl (C=O) groups excluding carboxylic acids is 1. The summed E-state index contributed by atoms with van der Waals surface area (Å²) in [6.07, 6.45) is 3.49. The van der Waals surface area contributed by atoms with Gasteiger partial charge < -0.3 is 9.64 Å². The quantitative estimate of drug-likeness (QED) is 0.481. The molecule has 4 heterocycles. The van der Waals surface area contributed by atoms with Gasteiger partial charge in [0, 0.05) is 48.3 Å². The van der Waals surface area contributed by atoms with Crippen molar-refractivity contribution >= 4 is 16.8 Å². The van der Waals surface area contributed by atoms with Gasteiger partial charge in [-0.25, -0.2) is 0 Å². The number of fused-ring (bicyclic) bond motifs is 3. The monoisotopic (exact) mass is 424 g/mol. The lowest BCUT2D eigenvalue weighted by atomic mass is 9.94. The molecule has 0 spiro atoms. The van der Waals surface area contributed by atoms with Crippen LogP contribution in [-0.2, 0) is 19.9 Å². The fraction of sp³-hybridized carbons (Fsp3) is 0.269. The lowest BCUT2D eigenvalue weighted by Gasteiger charge is -2.33. The van der Waals surface area contributed by atoms with Crippen molar-refractivity contribution in [3.63, 3.8) is 0 Å². The van der Waals surface area contributed by atoms with Crippen molar-refractivity contribution in [3.05, 3.63) is 77.1 Å². The van der Waals surface area contributed by atoms with Crippen molar-refractivity contribution in [2.24, 2.45) is 7.05 Å². The van der Waals surface area contributed by atoms with E-state index >= 15 is 0 Å². The molecule has 2 aliphatic heterocycles. The number of rotatable bonds is 2. The maximum absolute atomic E-state index is 13.4. The molecule has 0 radical (unpaired) electrons. The van der Waals surface area contributed by atoms with Gasteiger partial charge in [0.1, 0.15) is 5.75 Å². The molecule has 6 nitrogen and oxygen atoms in total. The Kier molecular flexibility index (Phi) is 4.28. The highest BCUT2D eigenvalue weighted by atomic mass is 16.5. The molecule has 0 N–H and O–H groups in total. The number of pyridine rings is 1. The van der Waals surface area contributed by atoms with Crippen molar-refractivity contribution in [2.75, 3.05) is 13.2 Å². The Morgan fingerprint density at radius 2 is 2.03 bits per heavy atom. The van der Waals surface area contributed by atoms with Crippen LogP contribution < -0.4 is 4.74 Å². The average molecular weight is 425 g/mol. The minimum atomic E-state index is -0.103. The van der Waals surface area contributed by atoms with E-state index in [4.69, 9.17) is 9.84 Å². The maximum Gasteiger partial charge on any atom is 0.254 e. The number of hydrogen-bond acceptors (Lipinski definition) is 4. The molecule has 0 saturated heterocycles. The number of aryl methyl sites for hydroxylation is 1. The fourth-order valence-corrected chi connectivity index (χ4v) is 5.13. The van der Waals surface area contributed by atoms with Gasteiger partial charge in [0.15, 0.2) is 0 Å². The zero-order chi connectivity index (χ0) is 21.8. The molecule has 2 aromatic carbocycles. The summed E-state index contributed by atoms with van der Waals surface area (Å²) in [6.45, 7) is 3.46. The summed E-state index contributed by atoms with van der Waals surface area (Å²) in [7, 11) is 1.98. The van der Waals surface area contributed by atoms with Gasteiger partial charge in [-0.3, -0.25) is 14.5 Å². The summed E-state index contributed by atoms with van der Waals surface area (Å²) >= 11 is 0. The first-order valence-corrected chi connectivity index (χ1v) is 11.1. The van der Waals surface area contributed by atoms with Gasteiger partial charge in [-0.15, -0.1) is 0 Å². The van der Waals surface area contributed by atoms with Crippen LogP contribution in [0.5, 0.6) is 5.75 Å². The molecule has 2 aliphatic rings. The van der Waals surface area contributed by atoms with E-state index in [1.807, 2.05) is 47.0 Å². The van der Waals surface area contributed by atoms with Crippen molar-refractivity contribution < 1.29 is 9.53 Å². The van der Waals surface area contributed by atoms with E-state index < -0.39 is 0 Å². The van der Waals surface area contributed by atoms with Gasteiger partial charge in [0.05, 0.1) is 29.6 Å². The third kappa shape index (κ3) is 2.83. The van der Waals surface area contributed by atoms with Crippen LogP contribution in [0.1, 0.15) is 40.1 Å². The maximum atomic E-state index is 13.4. The van der Waals surface area contributed by atoms with Gasteiger partial charge in [0.2, 0.25) is 0 Å². The zero-order valence-electron chi connectivity index (χ0n) is 18.2. The SMILES string of the molecule is C[C@H]1c2nn(C)c(-c3cccc4c3OCC4)c2CCN1C(=O)c1ccc2ncccc2c1. The van der Waals surface area contributed by atoms with Gasteiger partial charge in [-0.05, 0) is 49.2 Å². The summed E-state index contributed by atoms with van der Waals surface area (Å²) in [5.74, 6) is 1.01. The minimum Gasteiger partial charge on any atom is -0.492 e. The van der Waals surface area contributed by atoms with Crippen molar-refractivity contribution in [1.29, 1.82) is 0 Å². The first-order chi connectivity index (χ1) is 15.6. The molecule has 0 unspecified atom stereocenters. The highest BCUT2D eigenvalue weighted by molar-refractivity contribution is 5.98. The second kappa shape index (κ2) is 7.19. The number of hydrogen-bond donors (Lipinski definition) is 0. The van der Waals surface area contributed by atoms with E-state index in [9.17, 15) is 4.79 Å². The van der Waals surface area contributed by atoms with Crippen LogP contribution in [0.3, 0.4) is 0 Å². The molecule has 0 bridgehead atoms. The largest absolute Gasteiger partial charge is 0.492 e. The van der Waals surface area contributed by atoms with Crippen molar-refractivity contribution in [1.82, 2.24) is 19.7 Å². The Labute approximate surface area is 186 Å². The number of benzene rings is 2. The Morgan fingerprint density at radius 3 is 2.94 bits per heavy atom. The van der Waals surface area contributed by atoms with Crippen molar-refractivity contribution in [2.45, 2.75) is 25.8 Å². The smallest absolute Gasteiger partial charge is 0.254 e. The molecule has 1 amide bonds. The minimum absolute atomic E-state index is 0.0324. The Morgan fingerprint density at radius 1 is 1.12 bits per heavy atom. The molecule has 0 fully saturated rings. The van der Waals surface area contributed by atoms with E-state index in [0.717, 1.165) is 53.1 Å². The molecule has 0 aliphatic carbocycles. The van der Waals surface area contributed by atoms with Gasteiger partial charge in [-0.2, -0.15) is 5.10 Å². The third-order valence-electron chi connectivity index (χ3n) is 6.72. The second-order valence-electron chi connectivity index (χ2n) is 8.56. The van der Waals surface area contributed by atoms with E-state index in [2.05, 4.69) is 30.1 Å². The zero-order valence-corrected chi connectivity index (χ0v) is 18.2. The molecular formula is C26H24N4O2. The third-order valence-corrected chi connectivity index (χ3v) is 6.72. The normalized spacial score (nSPS) is 17.2. The Bertz CT molecular complexity index is 1370. The summed E-state index contributed by atoms with van der Waals surface area (Å²) in [6, 6.07) is 15.8. The molecule has 32 heavy (non-hydrogen) atoms. The number of para-hydroxylation sites is 1. The fourth-order valence-electron chi connectivity index (χ4n) is 5.13. The van der Waals surface area contributed by atoms with Crippen LogP contribution >= 0.6 is 0 Å². The Hall–Kier alpha value is -3.67. The summed E-state index contributed by atoms with van der Waals surface area (Å²) in [5.41, 5.74) is 7.23. The van der Waals surface area contributed by atoms with Crippen LogP contribution in [0.15, 0.2) is 54.7 Å². The number of carbonyl (C=O) groups is 1. The molecular weight excluding hydrogens is 400 g/mol. The number of aromatic nitrogens is 3. The average Bonchev–Trinajstić information content (AvgIpc) is 3.43. The van der Waals surface area contributed by atoms with E-state index in [-0.39, 0.29) is 11.9 Å². The van der Waals surface area contributed by atoms with Crippen LogP contribution in [0.4, 0.5) is 0 Å². The predicted molar refractivity (Wildman–Crippen MR) is 123 cm³/mol. The Balaban J connectivity index is 1.36. The molecule has 6 heteroatoms. The highest BCUT2D eigenvalue weighted by Gasteiger charge is 2.34. The first kappa shape index (κ1) is 19.0. The number of ether oxygens (including phenoxy) is 1. The highest BCUT2D eigenvalue weighted by Crippen LogP contribution is 2.42. The topological polar surface area (TPSA) is 60.2 Å². The molecule has 4 aromatic rings. The van der Waals surface area contributed by atoms with Crippen LogP contribution in [-0.4, -0.2) is 38.7 Å². The van der Waals surface area contributed by atoms with Gasteiger partial charge >= 0.3 is 0 Å².